The second-order valence-electron chi connectivity index (χ2n) is 8.27. The molecule has 32 heavy (non-hydrogen) atoms. The molecule has 0 bridgehead atoms. The molecule has 8 heteroatoms. The zero-order chi connectivity index (χ0) is 22.1. The lowest BCUT2D eigenvalue weighted by Gasteiger charge is -2.30. The number of hydrogen-bond acceptors (Lipinski definition) is 6. The van der Waals surface area contributed by atoms with E-state index < -0.39 is 6.04 Å². The van der Waals surface area contributed by atoms with Gasteiger partial charge in [0.05, 0.1) is 7.11 Å². The maximum Gasteiger partial charge on any atom is 0.261 e. The number of carbonyl (C=O) groups excluding carboxylic acids is 2. The standard InChI is InChI=1S/C24H26N2O6/c1-29-19-8-4-7-17-22(24(28)25-16-5-2-3-6-16)26(21(27)13-30-23(17)19)12-15-9-10-18-20(11-15)32-14-31-18/h4,7-11,16,22H,2-3,5-6,12-14H2,1H3,(H,25,28). The minimum atomic E-state index is -0.832. The van der Waals surface area contributed by atoms with Gasteiger partial charge < -0.3 is 29.2 Å². The van der Waals surface area contributed by atoms with Crippen LogP contribution in [0.15, 0.2) is 36.4 Å². The zero-order valence-electron chi connectivity index (χ0n) is 18.0. The summed E-state index contributed by atoms with van der Waals surface area (Å²) >= 11 is 0. The van der Waals surface area contributed by atoms with E-state index in [0.717, 1.165) is 31.2 Å². The van der Waals surface area contributed by atoms with Crippen molar-refractivity contribution in [2.75, 3.05) is 20.5 Å². The molecule has 1 saturated carbocycles. The Labute approximate surface area is 186 Å². The predicted molar refractivity (Wildman–Crippen MR) is 115 cm³/mol. The molecule has 2 aromatic carbocycles. The molecule has 2 aliphatic heterocycles. The van der Waals surface area contributed by atoms with Gasteiger partial charge in [0.25, 0.3) is 5.91 Å². The smallest absolute Gasteiger partial charge is 0.261 e. The predicted octanol–water partition coefficient (Wildman–Crippen LogP) is 2.95. The maximum absolute atomic E-state index is 13.6. The van der Waals surface area contributed by atoms with Crippen molar-refractivity contribution in [1.82, 2.24) is 10.2 Å². The number of carbonyl (C=O) groups is 2. The Bertz CT molecular complexity index is 1030. The molecule has 0 saturated heterocycles. The molecule has 2 aromatic rings. The van der Waals surface area contributed by atoms with Crippen LogP contribution >= 0.6 is 0 Å². The Hall–Kier alpha value is -3.42. The molecule has 1 N–H and O–H groups in total. The molecular formula is C24H26N2O6. The minimum absolute atomic E-state index is 0.128. The van der Waals surface area contributed by atoms with Gasteiger partial charge in [0.2, 0.25) is 12.7 Å². The Morgan fingerprint density at radius 3 is 2.75 bits per heavy atom. The quantitative estimate of drug-likeness (QED) is 0.773. The van der Waals surface area contributed by atoms with E-state index in [4.69, 9.17) is 18.9 Å². The van der Waals surface area contributed by atoms with Crippen molar-refractivity contribution in [3.8, 4) is 23.0 Å². The van der Waals surface area contributed by atoms with Crippen LogP contribution in [0.1, 0.15) is 42.9 Å². The lowest BCUT2D eigenvalue weighted by Crippen LogP contribution is -2.45. The number of nitrogens with one attached hydrogen (secondary N) is 1. The van der Waals surface area contributed by atoms with Crippen molar-refractivity contribution >= 4 is 11.8 Å². The van der Waals surface area contributed by atoms with Crippen LogP contribution in [0.4, 0.5) is 0 Å². The normalized spacial score (nSPS) is 19.8. The number of hydrogen-bond donors (Lipinski definition) is 1. The molecule has 0 aromatic heterocycles. The topological polar surface area (TPSA) is 86.3 Å². The molecule has 5 rings (SSSR count). The van der Waals surface area contributed by atoms with E-state index in [1.54, 1.807) is 18.1 Å². The highest BCUT2D eigenvalue weighted by molar-refractivity contribution is 5.91. The van der Waals surface area contributed by atoms with Crippen molar-refractivity contribution in [3.05, 3.63) is 47.5 Å². The van der Waals surface area contributed by atoms with Gasteiger partial charge in [-0.05, 0) is 36.6 Å². The SMILES string of the molecule is COc1cccc2c1OCC(=O)N(Cc1ccc3c(c1)OCO3)C2C(=O)NC1CCCC1. The average Bonchev–Trinajstić information content (AvgIpc) is 3.46. The van der Waals surface area contributed by atoms with E-state index in [1.165, 1.54) is 0 Å². The third-order valence-electron chi connectivity index (χ3n) is 6.24. The highest BCUT2D eigenvalue weighted by atomic mass is 16.7. The monoisotopic (exact) mass is 438 g/mol. The zero-order valence-corrected chi connectivity index (χ0v) is 18.0. The Morgan fingerprint density at radius 1 is 1.12 bits per heavy atom. The number of amides is 2. The molecule has 3 aliphatic rings. The van der Waals surface area contributed by atoms with Gasteiger partial charge in [-0.1, -0.05) is 31.0 Å². The van der Waals surface area contributed by atoms with E-state index in [-0.39, 0.29) is 37.8 Å². The van der Waals surface area contributed by atoms with Gasteiger partial charge in [-0.2, -0.15) is 0 Å². The van der Waals surface area contributed by atoms with Gasteiger partial charge in [-0.25, -0.2) is 0 Å². The summed E-state index contributed by atoms with van der Waals surface area (Å²) in [6.07, 6.45) is 4.11. The number of nitrogens with zero attached hydrogens (tertiary/aromatic N) is 1. The van der Waals surface area contributed by atoms with Crippen LogP contribution < -0.4 is 24.3 Å². The first-order valence-corrected chi connectivity index (χ1v) is 10.9. The van der Waals surface area contributed by atoms with Crippen LogP contribution in [0.3, 0.4) is 0 Å². The fourth-order valence-electron chi connectivity index (χ4n) is 4.64. The van der Waals surface area contributed by atoms with Crippen molar-refractivity contribution < 1.29 is 28.5 Å². The highest BCUT2D eigenvalue weighted by Gasteiger charge is 2.38. The van der Waals surface area contributed by atoms with E-state index >= 15 is 0 Å². The van der Waals surface area contributed by atoms with Crippen molar-refractivity contribution in [2.45, 2.75) is 44.3 Å². The summed E-state index contributed by atoms with van der Waals surface area (Å²) in [7, 11) is 1.55. The third kappa shape index (κ3) is 3.81. The molecule has 2 heterocycles. The summed E-state index contributed by atoms with van der Waals surface area (Å²) in [4.78, 5) is 28.3. The number of para-hydroxylation sites is 1. The highest BCUT2D eigenvalue weighted by Crippen LogP contribution is 2.41. The first-order valence-electron chi connectivity index (χ1n) is 10.9. The van der Waals surface area contributed by atoms with Crippen LogP contribution in [0, 0.1) is 0 Å². The first kappa shape index (κ1) is 20.5. The molecule has 0 spiro atoms. The van der Waals surface area contributed by atoms with E-state index in [9.17, 15) is 9.59 Å². The van der Waals surface area contributed by atoms with Gasteiger partial charge in [-0.15, -0.1) is 0 Å². The minimum Gasteiger partial charge on any atom is -0.493 e. The lowest BCUT2D eigenvalue weighted by molar-refractivity contribution is -0.142. The lowest BCUT2D eigenvalue weighted by atomic mass is 10.0. The fraction of sp³-hybridized carbons (Fsp3) is 0.417. The average molecular weight is 438 g/mol. The summed E-state index contributed by atoms with van der Waals surface area (Å²) in [6, 6.07) is 10.2. The molecule has 1 fully saturated rings. The van der Waals surface area contributed by atoms with Crippen LogP contribution in [0.5, 0.6) is 23.0 Å². The van der Waals surface area contributed by atoms with Crippen LogP contribution in [0.25, 0.3) is 0 Å². The van der Waals surface area contributed by atoms with Gasteiger partial charge in [-0.3, -0.25) is 9.59 Å². The van der Waals surface area contributed by atoms with Crippen LogP contribution in [-0.4, -0.2) is 43.3 Å². The van der Waals surface area contributed by atoms with Gasteiger partial charge in [0, 0.05) is 18.2 Å². The number of methoxy groups -OCH3 is 1. The molecule has 0 radical (unpaired) electrons. The molecule has 2 amide bonds. The molecular weight excluding hydrogens is 412 g/mol. The number of rotatable bonds is 5. The summed E-state index contributed by atoms with van der Waals surface area (Å²) in [5.41, 5.74) is 1.46. The van der Waals surface area contributed by atoms with Crippen LogP contribution in [0.2, 0.25) is 0 Å². The van der Waals surface area contributed by atoms with E-state index in [0.29, 0.717) is 28.6 Å². The fourth-order valence-corrected chi connectivity index (χ4v) is 4.64. The summed E-state index contributed by atoms with van der Waals surface area (Å²) in [5.74, 6) is 1.76. The van der Waals surface area contributed by atoms with Crippen molar-refractivity contribution in [3.63, 3.8) is 0 Å². The molecule has 1 atom stereocenters. The molecule has 1 aliphatic carbocycles. The molecule has 8 nitrogen and oxygen atoms in total. The molecule has 1 unspecified atom stereocenters. The van der Waals surface area contributed by atoms with Gasteiger partial charge >= 0.3 is 0 Å². The number of fused-ring (bicyclic) bond motifs is 2. The first-order chi connectivity index (χ1) is 15.6. The van der Waals surface area contributed by atoms with Gasteiger partial charge in [0.1, 0.15) is 6.04 Å². The Balaban J connectivity index is 1.52. The largest absolute Gasteiger partial charge is 0.493 e. The second kappa shape index (κ2) is 8.61. The van der Waals surface area contributed by atoms with E-state index in [2.05, 4.69) is 5.32 Å². The third-order valence-corrected chi connectivity index (χ3v) is 6.24. The summed E-state index contributed by atoms with van der Waals surface area (Å²) in [6.45, 7) is 0.234. The van der Waals surface area contributed by atoms with Crippen molar-refractivity contribution in [2.24, 2.45) is 0 Å². The summed E-state index contributed by atoms with van der Waals surface area (Å²) in [5, 5.41) is 3.16. The number of ether oxygens (including phenoxy) is 4. The Kier molecular flexibility index (Phi) is 5.51. The van der Waals surface area contributed by atoms with E-state index in [1.807, 2.05) is 30.3 Å². The van der Waals surface area contributed by atoms with Crippen LogP contribution in [-0.2, 0) is 16.1 Å². The Morgan fingerprint density at radius 2 is 1.94 bits per heavy atom. The van der Waals surface area contributed by atoms with Gasteiger partial charge in [0.15, 0.2) is 29.6 Å². The summed E-state index contributed by atoms with van der Waals surface area (Å²) < 4.78 is 22.2. The molecule has 168 valence electrons. The van der Waals surface area contributed by atoms with Crippen molar-refractivity contribution in [1.29, 1.82) is 0 Å². The number of benzene rings is 2. The maximum atomic E-state index is 13.6. The second-order valence-corrected chi connectivity index (χ2v) is 8.27.